The monoisotopic (exact) mass is 527 g/mol. The van der Waals surface area contributed by atoms with Crippen LogP contribution >= 0.6 is 11.6 Å². The SMILES string of the molecule is Nc1nn2cc(F)cnc2c1C(=O)Nc1cncc(Cl)c1N1CCC(C(=O)N2CCN3CCC2C3)CC1. The number of nitrogens with two attached hydrogens (primary N) is 1. The second kappa shape index (κ2) is 9.42. The molecule has 3 aromatic rings. The van der Waals surface area contributed by atoms with Crippen LogP contribution in [0.3, 0.4) is 0 Å². The summed E-state index contributed by atoms with van der Waals surface area (Å²) in [5, 5.41) is 7.20. The highest BCUT2D eigenvalue weighted by atomic mass is 35.5. The number of halogens is 2. The van der Waals surface area contributed by atoms with E-state index in [1.165, 1.54) is 12.4 Å². The molecule has 6 rings (SSSR count). The van der Waals surface area contributed by atoms with Gasteiger partial charge < -0.3 is 20.9 Å². The minimum Gasteiger partial charge on any atom is -0.381 e. The topological polar surface area (TPSA) is 125 Å². The lowest BCUT2D eigenvalue weighted by molar-refractivity contribution is -0.139. The van der Waals surface area contributed by atoms with E-state index < -0.39 is 11.7 Å². The van der Waals surface area contributed by atoms with Crippen molar-refractivity contribution in [1.82, 2.24) is 29.4 Å². The van der Waals surface area contributed by atoms with Crippen molar-refractivity contribution >= 4 is 46.3 Å². The zero-order valence-corrected chi connectivity index (χ0v) is 20.9. The number of piperidine rings is 1. The molecular weight excluding hydrogens is 501 g/mol. The molecule has 2 atom stereocenters. The van der Waals surface area contributed by atoms with E-state index >= 15 is 0 Å². The number of nitrogens with zero attached hydrogens (tertiary/aromatic N) is 7. The molecule has 2 unspecified atom stereocenters. The fraction of sp³-hybridized carbons (Fsp3) is 0.458. The Bertz CT molecular complexity index is 1370. The summed E-state index contributed by atoms with van der Waals surface area (Å²) >= 11 is 6.55. The fourth-order valence-electron chi connectivity index (χ4n) is 5.75. The predicted molar refractivity (Wildman–Crippen MR) is 136 cm³/mol. The van der Waals surface area contributed by atoms with Gasteiger partial charge in [-0.25, -0.2) is 13.9 Å². The molecule has 3 saturated heterocycles. The molecule has 6 heterocycles. The lowest BCUT2D eigenvalue weighted by Crippen LogP contribution is -2.52. The van der Waals surface area contributed by atoms with Gasteiger partial charge in [-0.1, -0.05) is 11.6 Å². The van der Waals surface area contributed by atoms with Gasteiger partial charge in [0.25, 0.3) is 5.91 Å². The van der Waals surface area contributed by atoms with Crippen molar-refractivity contribution in [2.75, 3.05) is 55.2 Å². The van der Waals surface area contributed by atoms with Crippen LogP contribution in [-0.2, 0) is 4.79 Å². The van der Waals surface area contributed by atoms with Crippen LogP contribution in [-0.4, -0.2) is 86.5 Å². The summed E-state index contributed by atoms with van der Waals surface area (Å²) in [7, 11) is 0. The molecular formula is C24H27ClFN9O2. The van der Waals surface area contributed by atoms with Crippen molar-refractivity contribution in [3.05, 3.63) is 41.2 Å². The molecule has 0 aromatic carbocycles. The number of nitrogen functional groups attached to an aromatic ring is 1. The molecule has 0 saturated carbocycles. The largest absolute Gasteiger partial charge is 0.381 e. The van der Waals surface area contributed by atoms with Crippen LogP contribution in [0, 0.1) is 11.7 Å². The van der Waals surface area contributed by atoms with Gasteiger partial charge in [-0.2, -0.15) is 0 Å². The molecule has 194 valence electrons. The van der Waals surface area contributed by atoms with Gasteiger partial charge in [0.15, 0.2) is 17.3 Å². The van der Waals surface area contributed by atoms with Gasteiger partial charge in [-0.3, -0.25) is 19.5 Å². The van der Waals surface area contributed by atoms with E-state index in [1.54, 1.807) is 0 Å². The van der Waals surface area contributed by atoms with Crippen LogP contribution < -0.4 is 16.0 Å². The van der Waals surface area contributed by atoms with Crippen molar-refractivity contribution in [2.45, 2.75) is 25.3 Å². The van der Waals surface area contributed by atoms with Gasteiger partial charge in [-0.15, -0.1) is 5.10 Å². The normalized spacial score (nSPS) is 22.0. The number of fused-ring (bicyclic) bond motifs is 3. The van der Waals surface area contributed by atoms with Crippen molar-refractivity contribution in [3.8, 4) is 0 Å². The van der Waals surface area contributed by atoms with E-state index in [9.17, 15) is 14.0 Å². The Balaban J connectivity index is 1.18. The first-order valence-corrected chi connectivity index (χ1v) is 12.8. The van der Waals surface area contributed by atoms with E-state index in [-0.39, 0.29) is 28.9 Å². The first kappa shape index (κ1) is 23.9. The molecule has 0 aliphatic carbocycles. The molecule has 13 heteroatoms. The molecule has 37 heavy (non-hydrogen) atoms. The Morgan fingerprint density at radius 1 is 1.08 bits per heavy atom. The minimum absolute atomic E-state index is 0.0212. The zero-order chi connectivity index (χ0) is 25.7. The Morgan fingerprint density at radius 3 is 2.70 bits per heavy atom. The van der Waals surface area contributed by atoms with E-state index in [1.807, 2.05) is 0 Å². The van der Waals surface area contributed by atoms with E-state index in [4.69, 9.17) is 17.3 Å². The summed E-state index contributed by atoms with van der Waals surface area (Å²) in [4.78, 5) is 41.2. The van der Waals surface area contributed by atoms with Gasteiger partial charge in [0.1, 0.15) is 5.56 Å². The lowest BCUT2D eigenvalue weighted by Gasteiger charge is -2.40. The third-order valence-corrected chi connectivity index (χ3v) is 7.88. The summed E-state index contributed by atoms with van der Waals surface area (Å²) in [6.07, 6.45) is 7.60. The Kier molecular flexibility index (Phi) is 6.07. The number of nitrogens with one attached hydrogen (secondary N) is 1. The average molecular weight is 528 g/mol. The minimum atomic E-state index is -0.601. The number of pyridine rings is 1. The highest BCUT2D eigenvalue weighted by Crippen LogP contribution is 2.37. The van der Waals surface area contributed by atoms with E-state index in [0.717, 1.165) is 49.5 Å². The number of carbonyl (C=O) groups is 2. The standard InChI is InChI=1S/C24H27ClFN9O2/c25-17-10-28-11-18(30-23(36)19-21(27)31-35-12-15(26)9-29-22(19)35)20(17)33-5-1-14(2-6-33)24(37)34-8-7-32-4-3-16(34)13-32/h9-12,14,16H,1-8,13H2,(H2,27,31)(H,30,36). The summed E-state index contributed by atoms with van der Waals surface area (Å²) in [6.45, 7) is 5.07. The van der Waals surface area contributed by atoms with Crippen molar-refractivity contribution in [2.24, 2.45) is 5.92 Å². The number of hydrogen-bond acceptors (Lipinski definition) is 8. The quantitative estimate of drug-likeness (QED) is 0.527. The zero-order valence-electron chi connectivity index (χ0n) is 20.1. The fourth-order valence-corrected chi connectivity index (χ4v) is 6.03. The van der Waals surface area contributed by atoms with Gasteiger partial charge in [0.05, 0.1) is 35.0 Å². The summed E-state index contributed by atoms with van der Waals surface area (Å²) in [5.41, 5.74) is 7.16. The van der Waals surface area contributed by atoms with Crippen LogP contribution in [0.25, 0.3) is 5.65 Å². The molecule has 2 bridgehead atoms. The smallest absolute Gasteiger partial charge is 0.263 e. The van der Waals surface area contributed by atoms with Crippen molar-refractivity contribution in [1.29, 1.82) is 0 Å². The van der Waals surface area contributed by atoms with Gasteiger partial charge in [0, 0.05) is 57.4 Å². The number of rotatable bonds is 4. The highest BCUT2D eigenvalue weighted by molar-refractivity contribution is 6.34. The second-order valence-electron chi connectivity index (χ2n) is 9.81. The molecule has 0 spiro atoms. The molecule has 2 amide bonds. The van der Waals surface area contributed by atoms with E-state index in [2.05, 4.69) is 35.1 Å². The van der Waals surface area contributed by atoms with Gasteiger partial charge in [0.2, 0.25) is 5.91 Å². The van der Waals surface area contributed by atoms with Crippen molar-refractivity contribution in [3.63, 3.8) is 0 Å². The highest BCUT2D eigenvalue weighted by Gasteiger charge is 2.38. The Labute approximate surface area is 217 Å². The van der Waals surface area contributed by atoms with Crippen LogP contribution in [0.5, 0.6) is 0 Å². The summed E-state index contributed by atoms with van der Waals surface area (Å²) < 4.78 is 14.7. The lowest BCUT2D eigenvalue weighted by atomic mass is 9.94. The molecule has 3 aromatic heterocycles. The van der Waals surface area contributed by atoms with Crippen LogP contribution in [0.2, 0.25) is 5.02 Å². The number of hydrogen-bond donors (Lipinski definition) is 2. The number of aromatic nitrogens is 4. The summed E-state index contributed by atoms with van der Waals surface area (Å²) in [6, 6.07) is 0.342. The Morgan fingerprint density at radius 2 is 1.89 bits per heavy atom. The third kappa shape index (κ3) is 4.33. The predicted octanol–water partition coefficient (Wildman–Crippen LogP) is 1.88. The number of anilines is 3. The number of carbonyl (C=O) groups excluding carboxylic acids is 2. The van der Waals surface area contributed by atoms with E-state index in [0.29, 0.717) is 48.4 Å². The maximum absolute atomic E-state index is 13.5. The van der Waals surface area contributed by atoms with Crippen LogP contribution in [0.15, 0.2) is 24.8 Å². The first-order chi connectivity index (χ1) is 17.9. The molecule has 3 fully saturated rings. The van der Waals surface area contributed by atoms with Crippen molar-refractivity contribution < 1.29 is 14.0 Å². The number of amides is 2. The Hall–Kier alpha value is -3.51. The molecule has 3 aliphatic rings. The first-order valence-electron chi connectivity index (χ1n) is 12.4. The van der Waals surface area contributed by atoms with Gasteiger partial charge in [-0.05, 0) is 19.3 Å². The average Bonchev–Trinajstić information content (AvgIpc) is 3.42. The van der Waals surface area contributed by atoms with Crippen LogP contribution in [0.1, 0.15) is 29.6 Å². The molecule has 0 radical (unpaired) electrons. The molecule has 3 aliphatic heterocycles. The van der Waals surface area contributed by atoms with Gasteiger partial charge >= 0.3 is 0 Å². The van der Waals surface area contributed by atoms with Crippen LogP contribution in [0.4, 0.5) is 21.6 Å². The second-order valence-corrected chi connectivity index (χ2v) is 10.2. The molecule has 11 nitrogen and oxygen atoms in total. The number of piperazine rings is 1. The maximum atomic E-state index is 13.5. The summed E-state index contributed by atoms with van der Waals surface area (Å²) in [5.74, 6) is -0.997. The maximum Gasteiger partial charge on any atom is 0.263 e. The third-order valence-electron chi connectivity index (χ3n) is 7.61. The molecule has 3 N–H and O–H groups in total.